The summed E-state index contributed by atoms with van der Waals surface area (Å²) in [7, 11) is 0. The van der Waals surface area contributed by atoms with Crippen LogP contribution in [0.15, 0.2) is 84.3 Å². The number of aromatic hydroxyl groups is 2. The first kappa shape index (κ1) is 28.1. The van der Waals surface area contributed by atoms with Crippen molar-refractivity contribution in [1.29, 1.82) is 0 Å². The van der Waals surface area contributed by atoms with Crippen molar-refractivity contribution in [3.63, 3.8) is 0 Å². The molecule has 2 N–H and O–H groups in total. The Labute approximate surface area is 268 Å². The average Bonchev–Trinajstić information content (AvgIpc) is 2.85. The summed E-state index contributed by atoms with van der Waals surface area (Å²) in [5.41, 5.74) is 2.33. The maximum Gasteiger partial charge on any atom is 0.154 e. The molecule has 0 bridgehead atoms. The molecule has 0 radical (unpaired) electrons. The second-order valence-electron chi connectivity index (χ2n) is 7.05. The first-order valence-electron chi connectivity index (χ1n) is 9.52. The summed E-state index contributed by atoms with van der Waals surface area (Å²) in [5, 5.41) is 22.4. The molecule has 0 spiro atoms. The van der Waals surface area contributed by atoms with Crippen molar-refractivity contribution in [2.45, 2.75) is 0 Å². The van der Waals surface area contributed by atoms with Crippen LogP contribution in [-0.2, 0) is 0 Å². The first-order chi connectivity index (χ1) is 16.6. The zero-order valence-electron chi connectivity index (χ0n) is 16.9. The van der Waals surface area contributed by atoms with Crippen molar-refractivity contribution in [3.05, 3.63) is 84.3 Å². The van der Waals surface area contributed by atoms with Gasteiger partial charge in [-0.1, -0.05) is 68.3 Å². The van der Waals surface area contributed by atoms with Gasteiger partial charge < -0.3 is 14.9 Å². The highest BCUT2D eigenvalue weighted by Crippen LogP contribution is 2.58. The molecule has 0 fully saturated rings. The standard InChI is InChI=1S/C24H10Br8O3/c25-11-7-3-1-5-9(11)13-21(33)17(29)15(27)19(31)23(13)35-24-14(10-6-2-4-8-12(10)26)22(34)18(30)16(28)20(24)32/h1-8,33-34H. The van der Waals surface area contributed by atoms with Crippen LogP contribution >= 0.6 is 127 Å². The van der Waals surface area contributed by atoms with Crippen molar-refractivity contribution >= 4 is 127 Å². The molecule has 0 aliphatic rings. The predicted octanol–water partition coefficient (Wildman–Crippen LogP) is 12.3. The van der Waals surface area contributed by atoms with Crippen LogP contribution in [0, 0.1) is 0 Å². The number of phenolic OH excluding ortho intramolecular Hbond substituents is 2. The maximum absolute atomic E-state index is 11.2. The third-order valence-corrected chi connectivity index (χ3v) is 13.2. The van der Waals surface area contributed by atoms with Crippen molar-refractivity contribution in [2.24, 2.45) is 0 Å². The van der Waals surface area contributed by atoms with Crippen LogP contribution in [0.1, 0.15) is 0 Å². The lowest BCUT2D eigenvalue weighted by Crippen LogP contribution is -1.98. The molecule has 0 atom stereocenters. The second-order valence-corrected chi connectivity index (χ2v) is 13.5. The third kappa shape index (κ3) is 5.22. The number of halogens is 8. The lowest BCUT2D eigenvalue weighted by Gasteiger charge is -2.22. The van der Waals surface area contributed by atoms with Crippen LogP contribution in [0.25, 0.3) is 22.3 Å². The summed E-state index contributed by atoms with van der Waals surface area (Å²) in [6.07, 6.45) is 0. The topological polar surface area (TPSA) is 49.7 Å². The van der Waals surface area contributed by atoms with Crippen molar-refractivity contribution < 1.29 is 14.9 Å². The quantitative estimate of drug-likeness (QED) is 0.200. The Hall–Kier alpha value is 0.120. The molecule has 3 nitrogen and oxygen atoms in total. The molecule has 0 amide bonds. The SMILES string of the molecule is Oc1c(Br)c(Br)c(Br)c(Oc2c(Br)c(Br)c(Br)c(O)c2-c2ccccc2Br)c1-c1ccccc1Br. The Bertz CT molecular complexity index is 1380. The van der Waals surface area contributed by atoms with Gasteiger partial charge in [-0.05, 0) is 108 Å². The Balaban J connectivity index is 2.10. The van der Waals surface area contributed by atoms with E-state index in [0.29, 0.717) is 60.6 Å². The van der Waals surface area contributed by atoms with Gasteiger partial charge in [0.25, 0.3) is 0 Å². The largest absolute Gasteiger partial charge is 0.506 e. The molecule has 0 heterocycles. The van der Waals surface area contributed by atoms with Crippen molar-refractivity contribution in [2.75, 3.05) is 0 Å². The van der Waals surface area contributed by atoms with Crippen LogP contribution in [0.2, 0.25) is 0 Å². The van der Waals surface area contributed by atoms with E-state index in [-0.39, 0.29) is 11.5 Å². The van der Waals surface area contributed by atoms with Gasteiger partial charge in [-0.2, -0.15) is 0 Å². The molecular weight excluding hydrogens is 975 g/mol. The monoisotopic (exact) mass is 977 g/mol. The van der Waals surface area contributed by atoms with E-state index in [4.69, 9.17) is 4.74 Å². The molecule has 4 rings (SSSR count). The summed E-state index contributed by atoms with van der Waals surface area (Å²) in [6.45, 7) is 0. The van der Waals surface area contributed by atoms with Crippen LogP contribution in [0.5, 0.6) is 23.0 Å². The van der Waals surface area contributed by atoms with Gasteiger partial charge in [0.2, 0.25) is 0 Å². The molecular formula is C24H10Br8O3. The Morgan fingerprint density at radius 3 is 1.14 bits per heavy atom. The van der Waals surface area contributed by atoms with Crippen LogP contribution in [-0.4, -0.2) is 10.2 Å². The number of hydrogen-bond donors (Lipinski definition) is 2. The number of ether oxygens (including phenoxy) is 1. The second kappa shape index (κ2) is 11.5. The molecule has 180 valence electrons. The minimum Gasteiger partial charge on any atom is -0.506 e. The van der Waals surface area contributed by atoms with Gasteiger partial charge >= 0.3 is 0 Å². The van der Waals surface area contributed by atoms with E-state index in [2.05, 4.69) is 127 Å². The van der Waals surface area contributed by atoms with E-state index < -0.39 is 0 Å². The minimum absolute atomic E-state index is 0.0130. The lowest BCUT2D eigenvalue weighted by molar-refractivity contribution is 0.444. The van der Waals surface area contributed by atoms with E-state index in [9.17, 15) is 10.2 Å². The summed E-state index contributed by atoms with van der Waals surface area (Å²) >= 11 is 28.4. The van der Waals surface area contributed by atoms with Gasteiger partial charge in [0.15, 0.2) is 11.5 Å². The molecule has 0 saturated carbocycles. The fraction of sp³-hybridized carbons (Fsp3) is 0. The number of rotatable bonds is 4. The number of phenols is 2. The zero-order chi connectivity index (χ0) is 25.6. The lowest BCUT2D eigenvalue weighted by atomic mass is 10.0. The smallest absolute Gasteiger partial charge is 0.154 e. The summed E-state index contributed by atoms with van der Waals surface area (Å²) in [6, 6.07) is 15.0. The van der Waals surface area contributed by atoms with E-state index in [1.54, 1.807) is 0 Å². The van der Waals surface area contributed by atoms with Gasteiger partial charge in [0.05, 0.1) is 38.0 Å². The number of hydrogen-bond acceptors (Lipinski definition) is 3. The highest BCUT2D eigenvalue weighted by atomic mass is 79.9. The van der Waals surface area contributed by atoms with E-state index in [1.165, 1.54) is 0 Å². The molecule has 0 saturated heterocycles. The Morgan fingerprint density at radius 1 is 0.457 bits per heavy atom. The summed E-state index contributed by atoms with van der Waals surface area (Å²) < 4.78 is 11.3. The Kier molecular flexibility index (Phi) is 9.22. The maximum atomic E-state index is 11.2. The van der Waals surface area contributed by atoms with Crippen molar-refractivity contribution in [1.82, 2.24) is 0 Å². The fourth-order valence-corrected chi connectivity index (χ4v) is 7.36. The molecule has 4 aromatic carbocycles. The molecule has 35 heavy (non-hydrogen) atoms. The van der Waals surface area contributed by atoms with E-state index in [1.807, 2.05) is 48.5 Å². The van der Waals surface area contributed by atoms with Crippen LogP contribution in [0.3, 0.4) is 0 Å². The predicted molar refractivity (Wildman–Crippen MR) is 169 cm³/mol. The van der Waals surface area contributed by atoms with E-state index in [0.717, 1.165) is 8.95 Å². The average molecular weight is 986 g/mol. The number of benzene rings is 4. The normalized spacial score (nSPS) is 11.1. The van der Waals surface area contributed by atoms with Crippen molar-refractivity contribution in [3.8, 4) is 45.3 Å². The van der Waals surface area contributed by atoms with Crippen LogP contribution in [0.4, 0.5) is 0 Å². The fourth-order valence-electron chi connectivity index (χ4n) is 3.38. The van der Waals surface area contributed by atoms with Gasteiger partial charge in [-0.3, -0.25) is 0 Å². The molecule has 0 aliphatic heterocycles. The molecule has 4 aromatic rings. The summed E-state index contributed by atoms with van der Waals surface area (Å²) in [4.78, 5) is 0. The molecule has 11 heteroatoms. The third-order valence-electron chi connectivity index (χ3n) is 5.00. The first-order valence-corrected chi connectivity index (χ1v) is 15.9. The van der Waals surface area contributed by atoms with Crippen LogP contribution < -0.4 is 4.74 Å². The van der Waals surface area contributed by atoms with E-state index >= 15 is 0 Å². The van der Waals surface area contributed by atoms with Gasteiger partial charge in [-0.15, -0.1) is 0 Å². The minimum atomic E-state index is -0.0130. The highest BCUT2D eigenvalue weighted by Gasteiger charge is 2.29. The Morgan fingerprint density at radius 2 is 0.800 bits per heavy atom. The molecule has 0 aromatic heterocycles. The summed E-state index contributed by atoms with van der Waals surface area (Å²) in [5.74, 6) is 0.654. The molecule has 0 aliphatic carbocycles. The van der Waals surface area contributed by atoms with Gasteiger partial charge in [0.1, 0.15) is 11.5 Å². The highest BCUT2D eigenvalue weighted by molar-refractivity contribution is 9.15. The molecule has 0 unspecified atom stereocenters. The zero-order valence-corrected chi connectivity index (χ0v) is 29.6. The van der Waals surface area contributed by atoms with Gasteiger partial charge in [0, 0.05) is 20.1 Å². The van der Waals surface area contributed by atoms with Gasteiger partial charge in [-0.25, -0.2) is 0 Å².